The van der Waals surface area contributed by atoms with Gasteiger partial charge in [-0.3, -0.25) is 4.79 Å². The summed E-state index contributed by atoms with van der Waals surface area (Å²) in [7, 11) is 1.65. The number of ketones is 1. The first kappa shape index (κ1) is 24.8. The fourth-order valence-corrected chi connectivity index (χ4v) is 5.18. The zero-order valence-electron chi connectivity index (χ0n) is 21.7. The van der Waals surface area contributed by atoms with E-state index < -0.39 is 0 Å². The molecule has 2 aliphatic rings. The highest BCUT2D eigenvalue weighted by Crippen LogP contribution is 2.45. The molecule has 0 saturated heterocycles. The molecule has 2 unspecified atom stereocenters. The smallest absolute Gasteiger partial charge is 0.163 e. The molecule has 37 heavy (non-hydrogen) atoms. The molecule has 2 atom stereocenters. The van der Waals surface area contributed by atoms with Gasteiger partial charge in [-0.05, 0) is 73.2 Å². The molecule has 0 aromatic heterocycles. The summed E-state index contributed by atoms with van der Waals surface area (Å²) in [5.74, 6) is 2.46. The van der Waals surface area contributed by atoms with Gasteiger partial charge in [0, 0.05) is 17.7 Å². The molecule has 3 aromatic rings. The Balaban J connectivity index is 1.53. The van der Waals surface area contributed by atoms with Gasteiger partial charge in [0.15, 0.2) is 17.3 Å². The van der Waals surface area contributed by atoms with Crippen molar-refractivity contribution < 1.29 is 19.0 Å². The van der Waals surface area contributed by atoms with E-state index in [2.05, 4.69) is 29.7 Å². The molecule has 0 amide bonds. The number of rotatable bonds is 8. The van der Waals surface area contributed by atoms with E-state index in [1.807, 2.05) is 61.5 Å². The van der Waals surface area contributed by atoms with E-state index in [0.29, 0.717) is 31.1 Å². The lowest BCUT2D eigenvalue weighted by Crippen LogP contribution is -2.26. The van der Waals surface area contributed by atoms with Gasteiger partial charge in [-0.1, -0.05) is 37.3 Å². The molecule has 0 spiro atoms. The van der Waals surface area contributed by atoms with E-state index in [0.717, 1.165) is 52.4 Å². The third-order valence-corrected chi connectivity index (χ3v) is 6.95. The number of hydrogen-bond acceptors (Lipinski definition) is 6. The highest BCUT2D eigenvalue weighted by atomic mass is 16.5. The highest BCUT2D eigenvalue weighted by molar-refractivity contribution is 6.01. The van der Waals surface area contributed by atoms with E-state index in [9.17, 15) is 4.79 Å². The van der Waals surface area contributed by atoms with Gasteiger partial charge in [0.25, 0.3) is 0 Å². The van der Waals surface area contributed by atoms with Gasteiger partial charge in [0.05, 0.1) is 37.7 Å². The van der Waals surface area contributed by atoms with Crippen LogP contribution in [0, 0.1) is 0 Å². The third-order valence-electron chi connectivity index (χ3n) is 6.95. The summed E-state index contributed by atoms with van der Waals surface area (Å²) in [6.45, 7) is 5.30. The maximum absolute atomic E-state index is 13.8. The van der Waals surface area contributed by atoms with Crippen LogP contribution in [-0.4, -0.2) is 26.1 Å². The second kappa shape index (κ2) is 11.0. The molecular weight excluding hydrogens is 464 g/mol. The second-order valence-electron chi connectivity index (χ2n) is 9.43. The van der Waals surface area contributed by atoms with Gasteiger partial charge in [-0.2, -0.15) is 0 Å². The molecule has 2 N–H and O–H groups in total. The van der Waals surface area contributed by atoms with Crippen LogP contribution < -0.4 is 24.8 Å². The van der Waals surface area contributed by atoms with Gasteiger partial charge in [0.1, 0.15) is 5.75 Å². The number of nitrogens with one attached hydrogen (secondary N) is 2. The maximum Gasteiger partial charge on any atom is 0.163 e. The molecule has 192 valence electrons. The van der Waals surface area contributed by atoms with E-state index in [1.54, 1.807) is 7.11 Å². The Bertz CT molecular complexity index is 1300. The highest BCUT2D eigenvalue weighted by Gasteiger charge is 2.36. The predicted molar refractivity (Wildman–Crippen MR) is 147 cm³/mol. The normalized spacial score (nSPS) is 18.6. The summed E-state index contributed by atoms with van der Waals surface area (Å²) in [6.07, 6.45) is 2.12. The molecule has 1 aliphatic heterocycles. The van der Waals surface area contributed by atoms with Crippen molar-refractivity contribution in [1.82, 2.24) is 0 Å². The largest absolute Gasteiger partial charge is 0.494 e. The van der Waals surface area contributed by atoms with Crippen LogP contribution in [0.3, 0.4) is 0 Å². The topological polar surface area (TPSA) is 68.8 Å². The molecule has 0 fully saturated rings. The fraction of sp³-hybridized carbons (Fsp3) is 0.323. The first-order chi connectivity index (χ1) is 18.1. The van der Waals surface area contributed by atoms with E-state index >= 15 is 0 Å². The minimum atomic E-state index is -0.311. The lowest BCUT2D eigenvalue weighted by atomic mass is 9.78. The lowest BCUT2D eigenvalue weighted by Gasteiger charge is -2.30. The Morgan fingerprint density at radius 3 is 2.35 bits per heavy atom. The lowest BCUT2D eigenvalue weighted by molar-refractivity contribution is -0.116. The average Bonchev–Trinajstić information content (AvgIpc) is 3.09. The van der Waals surface area contributed by atoms with Crippen LogP contribution in [0.2, 0.25) is 0 Å². The summed E-state index contributed by atoms with van der Waals surface area (Å²) >= 11 is 0. The molecule has 0 radical (unpaired) electrons. The fourth-order valence-electron chi connectivity index (χ4n) is 5.18. The Morgan fingerprint density at radius 2 is 1.62 bits per heavy atom. The first-order valence-electron chi connectivity index (χ1n) is 13.0. The van der Waals surface area contributed by atoms with Crippen molar-refractivity contribution in [3.05, 3.63) is 89.1 Å². The van der Waals surface area contributed by atoms with Gasteiger partial charge >= 0.3 is 0 Å². The number of Topliss-reactive ketones (excluding diaryl/α,β-unsaturated/α-hetero) is 1. The minimum Gasteiger partial charge on any atom is -0.494 e. The van der Waals surface area contributed by atoms with E-state index in [-0.39, 0.29) is 17.7 Å². The Hall–Kier alpha value is -3.93. The summed E-state index contributed by atoms with van der Waals surface area (Å²) in [5, 5.41) is 7.25. The molecule has 0 saturated carbocycles. The number of methoxy groups -OCH3 is 1. The number of hydrogen-bond donors (Lipinski definition) is 2. The standard InChI is InChI=1S/C31H34N2O4/c1-4-16-37-28-15-12-21(19-29(28)35-3)31-30-26(32-24-8-6-7-9-25(24)33-31)17-22(18-27(30)34)20-10-13-23(14-11-20)36-5-2/h6-15,19,22,31-33H,4-5,16-18H2,1-3H3. The van der Waals surface area contributed by atoms with Crippen molar-refractivity contribution in [1.29, 1.82) is 0 Å². The first-order valence-corrected chi connectivity index (χ1v) is 13.0. The van der Waals surface area contributed by atoms with Crippen LogP contribution in [0.25, 0.3) is 0 Å². The molecular formula is C31H34N2O4. The number of anilines is 2. The van der Waals surface area contributed by atoms with Gasteiger partial charge < -0.3 is 24.8 Å². The molecule has 1 aliphatic carbocycles. The van der Waals surface area contributed by atoms with Gasteiger partial charge in [0.2, 0.25) is 0 Å². The molecule has 1 heterocycles. The summed E-state index contributed by atoms with van der Waals surface area (Å²) < 4.78 is 17.1. The number of benzene rings is 3. The molecule has 0 bridgehead atoms. The van der Waals surface area contributed by atoms with Gasteiger partial charge in [-0.25, -0.2) is 0 Å². The number of allylic oxidation sites excluding steroid dienone is 1. The van der Waals surface area contributed by atoms with Crippen LogP contribution in [-0.2, 0) is 4.79 Å². The number of ether oxygens (including phenoxy) is 3. The van der Waals surface area contributed by atoms with Crippen molar-refractivity contribution in [3.63, 3.8) is 0 Å². The monoisotopic (exact) mass is 498 g/mol. The van der Waals surface area contributed by atoms with Crippen molar-refractivity contribution >= 4 is 17.2 Å². The number of fused-ring (bicyclic) bond motifs is 1. The Kier molecular flexibility index (Phi) is 7.35. The zero-order valence-corrected chi connectivity index (χ0v) is 21.7. The quantitative estimate of drug-likeness (QED) is 0.354. The Labute approximate surface area is 218 Å². The van der Waals surface area contributed by atoms with E-state index in [1.165, 1.54) is 0 Å². The third kappa shape index (κ3) is 5.15. The zero-order chi connectivity index (χ0) is 25.8. The number of carbonyl (C=O) groups excluding carboxylic acids is 1. The summed E-state index contributed by atoms with van der Waals surface area (Å²) in [5.41, 5.74) is 5.77. The van der Waals surface area contributed by atoms with Crippen molar-refractivity contribution in [2.45, 2.75) is 45.1 Å². The molecule has 6 nitrogen and oxygen atoms in total. The average molecular weight is 499 g/mol. The summed E-state index contributed by atoms with van der Waals surface area (Å²) in [4.78, 5) is 13.8. The molecule has 6 heteroatoms. The SMILES string of the molecule is CCCOc1ccc(C2Nc3ccccc3NC3=C2C(=O)CC(c2ccc(OCC)cc2)C3)cc1OC. The van der Waals surface area contributed by atoms with Crippen LogP contribution in [0.5, 0.6) is 17.2 Å². The number of para-hydroxylation sites is 2. The second-order valence-corrected chi connectivity index (χ2v) is 9.43. The minimum absolute atomic E-state index is 0.0969. The van der Waals surface area contributed by atoms with Crippen LogP contribution in [0.1, 0.15) is 56.2 Å². The van der Waals surface area contributed by atoms with Crippen LogP contribution in [0.15, 0.2) is 78.0 Å². The van der Waals surface area contributed by atoms with Crippen molar-refractivity contribution in [2.75, 3.05) is 31.0 Å². The van der Waals surface area contributed by atoms with Crippen molar-refractivity contribution in [3.8, 4) is 17.2 Å². The van der Waals surface area contributed by atoms with Crippen molar-refractivity contribution in [2.24, 2.45) is 0 Å². The van der Waals surface area contributed by atoms with Crippen LogP contribution >= 0.6 is 0 Å². The van der Waals surface area contributed by atoms with E-state index in [4.69, 9.17) is 14.2 Å². The van der Waals surface area contributed by atoms with Gasteiger partial charge in [-0.15, -0.1) is 0 Å². The molecule has 3 aromatic carbocycles. The van der Waals surface area contributed by atoms with Crippen LogP contribution in [0.4, 0.5) is 11.4 Å². The molecule has 5 rings (SSSR count). The Morgan fingerprint density at radius 1 is 0.865 bits per heavy atom. The maximum atomic E-state index is 13.8. The number of carbonyl (C=O) groups is 1. The predicted octanol–water partition coefficient (Wildman–Crippen LogP) is 6.86. The summed E-state index contributed by atoms with van der Waals surface area (Å²) in [6, 6.07) is 21.9.